The number of carboxylic acids is 1. The average molecular weight is 300 g/mol. The monoisotopic (exact) mass is 300 g/mol. The van der Waals surface area contributed by atoms with Crippen molar-refractivity contribution in [3.8, 4) is 0 Å². The first kappa shape index (κ1) is 16.5. The molecule has 0 radical (unpaired) electrons. The van der Waals surface area contributed by atoms with Gasteiger partial charge in [-0.1, -0.05) is 0 Å². The molecule has 1 rings (SSSR count). The van der Waals surface area contributed by atoms with Crippen LogP contribution in [-0.4, -0.2) is 43.9 Å². The summed E-state index contributed by atoms with van der Waals surface area (Å²) in [4.78, 5) is 11.1. The molecule has 0 spiro atoms. The van der Waals surface area contributed by atoms with Crippen molar-refractivity contribution in [3.05, 3.63) is 24.3 Å². The van der Waals surface area contributed by atoms with Crippen LogP contribution in [0.3, 0.4) is 0 Å². The molecule has 0 saturated carbocycles. The van der Waals surface area contributed by atoms with Crippen molar-refractivity contribution in [2.24, 2.45) is 5.92 Å². The lowest BCUT2D eigenvalue weighted by molar-refractivity contribution is -0.141. The van der Waals surface area contributed by atoms with Crippen LogP contribution in [0.5, 0.6) is 0 Å². The highest BCUT2D eigenvalue weighted by atomic mass is 32.2. The lowest BCUT2D eigenvalue weighted by Crippen LogP contribution is -2.29. The zero-order valence-corrected chi connectivity index (χ0v) is 12.8. The van der Waals surface area contributed by atoms with Gasteiger partial charge >= 0.3 is 5.97 Å². The van der Waals surface area contributed by atoms with Crippen LogP contribution in [0.2, 0.25) is 0 Å². The molecular weight excluding hydrogens is 280 g/mol. The fourth-order valence-corrected chi connectivity index (χ4v) is 2.44. The molecule has 0 fully saturated rings. The molecule has 0 aromatic heterocycles. The minimum Gasteiger partial charge on any atom is -0.481 e. The Balaban J connectivity index is 2.85. The van der Waals surface area contributed by atoms with E-state index in [9.17, 15) is 13.2 Å². The number of hydrogen-bond donors (Lipinski definition) is 2. The second-order valence-electron chi connectivity index (χ2n) is 4.87. The molecule has 2 atom stereocenters. The molecule has 0 amide bonds. The summed E-state index contributed by atoms with van der Waals surface area (Å²) < 4.78 is 24.9. The van der Waals surface area contributed by atoms with E-state index in [1.165, 1.54) is 26.2 Å². The quantitative estimate of drug-likeness (QED) is 0.830. The molecule has 0 heterocycles. The van der Waals surface area contributed by atoms with Crippen molar-refractivity contribution < 1.29 is 18.3 Å². The summed E-state index contributed by atoms with van der Waals surface area (Å²) in [7, 11) is -0.500. The number of nitrogens with one attached hydrogen (secondary N) is 1. The van der Waals surface area contributed by atoms with Gasteiger partial charge in [-0.25, -0.2) is 12.7 Å². The first-order valence-electron chi connectivity index (χ1n) is 6.18. The topological polar surface area (TPSA) is 86.7 Å². The summed E-state index contributed by atoms with van der Waals surface area (Å²) in [5, 5.41) is 12.0. The van der Waals surface area contributed by atoms with Gasteiger partial charge in [0.1, 0.15) is 0 Å². The van der Waals surface area contributed by atoms with Crippen LogP contribution in [0.4, 0.5) is 5.69 Å². The molecule has 0 aliphatic carbocycles. The molecule has 2 unspecified atom stereocenters. The maximum atomic E-state index is 11.9. The van der Waals surface area contributed by atoms with Crippen LogP contribution >= 0.6 is 0 Å². The third-order valence-electron chi connectivity index (χ3n) is 3.17. The standard InChI is InChI=1S/C13H20N2O4S/c1-9(13(16)17)10(2)14-11-5-7-12(8-6-11)20(18,19)15(3)4/h5-10,14H,1-4H3,(H,16,17). The average Bonchev–Trinajstić information content (AvgIpc) is 2.38. The first-order chi connectivity index (χ1) is 9.16. The molecule has 0 saturated heterocycles. The number of hydrogen-bond acceptors (Lipinski definition) is 4. The number of nitrogens with zero attached hydrogens (tertiary/aromatic N) is 1. The zero-order valence-electron chi connectivity index (χ0n) is 12.0. The predicted molar refractivity (Wildman–Crippen MR) is 77.2 cm³/mol. The van der Waals surface area contributed by atoms with Crippen LogP contribution < -0.4 is 5.32 Å². The highest BCUT2D eigenvalue weighted by Gasteiger charge is 2.20. The van der Waals surface area contributed by atoms with E-state index in [1.807, 2.05) is 0 Å². The van der Waals surface area contributed by atoms with Gasteiger partial charge in [-0.15, -0.1) is 0 Å². The van der Waals surface area contributed by atoms with E-state index in [-0.39, 0.29) is 10.9 Å². The third kappa shape index (κ3) is 3.71. The smallest absolute Gasteiger partial charge is 0.308 e. The molecule has 0 aliphatic heterocycles. The van der Waals surface area contributed by atoms with E-state index in [1.54, 1.807) is 26.0 Å². The van der Waals surface area contributed by atoms with E-state index in [0.717, 1.165) is 4.31 Å². The van der Waals surface area contributed by atoms with Gasteiger partial charge in [-0.05, 0) is 38.1 Å². The molecule has 6 nitrogen and oxygen atoms in total. The van der Waals surface area contributed by atoms with E-state index < -0.39 is 21.9 Å². The molecule has 112 valence electrons. The maximum Gasteiger partial charge on any atom is 0.308 e. The molecule has 2 N–H and O–H groups in total. The minimum atomic E-state index is -3.44. The molecule has 0 bridgehead atoms. The molecule has 1 aromatic carbocycles. The van der Waals surface area contributed by atoms with Crippen LogP contribution in [0.15, 0.2) is 29.2 Å². The fraction of sp³-hybridized carbons (Fsp3) is 0.462. The van der Waals surface area contributed by atoms with Crippen LogP contribution in [0.25, 0.3) is 0 Å². The second kappa shape index (κ2) is 6.23. The molecular formula is C13H20N2O4S. The number of carboxylic acid groups (broad SMARTS) is 1. The fourth-order valence-electron chi connectivity index (χ4n) is 1.54. The van der Waals surface area contributed by atoms with Gasteiger partial charge in [0.2, 0.25) is 10.0 Å². The van der Waals surface area contributed by atoms with Crippen molar-refractivity contribution in [1.82, 2.24) is 4.31 Å². The molecule has 1 aromatic rings. The Kier molecular flexibility index (Phi) is 5.13. The Bertz CT molecular complexity index is 567. The Morgan fingerprint density at radius 2 is 1.70 bits per heavy atom. The van der Waals surface area contributed by atoms with Crippen molar-refractivity contribution >= 4 is 21.7 Å². The summed E-state index contributed by atoms with van der Waals surface area (Å²) in [5.74, 6) is -1.42. The Labute approximate surface area is 119 Å². The highest BCUT2D eigenvalue weighted by Crippen LogP contribution is 2.18. The number of rotatable bonds is 6. The van der Waals surface area contributed by atoms with Gasteiger partial charge in [0.05, 0.1) is 10.8 Å². The summed E-state index contributed by atoms with van der Waals surface area (Å²) in [6, 6.07) is 5.98. The van der Waals surface area contributed by atoms with Crippen LogP contribution in [-0.2, 0) is 14.8 Å². The summed E-state index contributed by atoms with van der Waals surface area (Å²) >= 11 is 0. The molecule has 7 heteroatoms. The molecule has 20 heavy (non-hydrogen) atoms. The lowest BCUT2D eigenvalue weighted by Gasteiger charge is -2.19. The summed E-state index contributed by atoms with van der Waals surface area (Å²) in [5.41, 5.74) is 0.684. The lowest BCUT2D eigenvalue weighted by atomic mass is 10.0. The second-order valence-corrected chi connectivity index (χ2v) is 7.02. The number of anilines is 1. The van der Waals surface area contributed by atoms with E-state index in [4.69, 9.17) is 5.11 Å². The largest absolute Gasteiger partial charge is 0.481 e. The minimum absolute atomic E-state index is 0.201. The third-order valence-corrected chi connectivity index (χ3v) is 5.00. The number of sulfonamides is 1. The van der Waals surface area contributed by atoms with Gasteiger partial charge < -0.3 is 10.4 Å². The normalized spacial score (nSPS) is 14.8. The van der Waals surface area contributed by atoms with Gasteiger partial charge in [0.15, 0.2) is 0 Å². The van der Waals surface area contributed by atoms with Gasteiger partial charge in [-0.2, -0.15) is 0 Å². The summed E-state index contributed by atoms with van der Waals surface area (Å²) in [6.45, 7) is 3.38. The molecule has 0 aliphatic rings. The van der Waals surface area contributed by atoms with Gasteiger partial charge in [0, 0.05) is 25.8 Å². The highest BCUT2D eigenvalue weighted by molar-refractivity contribution is 7.89. The van der Waals surface area contributed by atoms with Crippen molar-refractivity contribution in [2.75, 3.05) is 19.4 Å². The van der Waals surface area contributed by atoms with Gasteiger partial charge in [-0.3, -0.25) is 4.79 Å². The van der Waals surface area contributed by atoms with E-state index >= 15 is 0 Å². The van der Waals surface area contributed by atoms with Crippen LogP contribution in [0, 0.1) is 5.92 Å². The SMILES string of the molecule is CC(Nc1ccc(S(=O)(=O)N(C)C)cc1)C(C)C(=O)O. The van der Waals surface area contributed by atoms with E-state index in [2.05, 4.69) is 5.32 Å². The Morgan fingerprint density at radius 1 is 1.20 bits per heavy atom. The van der Waals surface area contributed by atoms with Crippen LogP contribution in [0.1, 0.15) is 13.8 Å². The van der Waals surface area contributed by atoms with E-state index in [0.29, 0.717) is 5.69 Å². The first-order valence-corrected chi connectivity index (χ1v) is 7.62. The number of benzene rings is 1. The van der Waals surface area contributed by atoms with Crippen molar-refractivity contribution in [3.63, 3.8) is 0 Å². The van der Waals surface area contributed by atoms with Crippen molar-refractivity contribution in [2.45, 2.75) is 24.8 Å². The number of carbonyl (C=O) groups is 1. The predicted octanol–water partition coefficient (Wildman–Crippen LogP) is 1.46. The summed E-state index contributed by atoms with van der Waals surface area (Å²) in [6.07, 6.45) is 0. The van der Waals surface area contributed by atoms with Crippen molar-refractivity contribution in [1.29, 1.82) is 0 Å². The number of aliphatic carboxylic acids is 1. The Morgan fingerprint density at radius 3 is 2.10 bits per heavy atom. The Hall–Kier alpha value is -1.60. The maximum absolute atomic E-state index is 11.9. The zero-order chi connectivity index (χ0) is 15.5. The van der Waals surface area contributed by atoms with Gasteiger partial charge in [0.25, 0.3) is 0 Å².